The predicted octanol–water partition coefficient (Wildman–Crippen LogP) is 2.86. The number of anilines is 1. The van der Waals surface area contributed by atoms with Crippen molar-refractivity contribution in [2.75, 3.05) is 38.6 Å². The van der Waals surface area contributed by atoms with E-state index in [1.54, 1.807) is 0 Å². The van der Waals surface area contributed by atoms with Crippen LogP contribution >= 0.6 is 0 Å². The van der Waals surface area contributed by atoms with E-state index in [9.17, 15) is 0 Å². The molecule has 3 nitrogen and oxygen atoms in total. The van der Waals surface area contributed by atoms with Crippen LogP contribution in [0.2, 0.25) is 0 Å². The molecule has 3 heteroatoms. The summed E-state index contributed by atoms with van der Waals surface area (Å²) < 4.78 is 0. The van der Waals surface area contributed by atoms with Gasteiger partial charge in [-0.1, -0.05) is 18.2 Å². The van der Waals surface area contributed by atoms with E-state index in [1.165, 1.54) is 56.4 Å². The van der Waals surface area contributed by atoms with Crippen molar-refractivity contribution < 1.29 is 0 Å². The first-order chi connectivity index (χ1) is 10.2. The molecule has 3 rings (SSSR count). The number of hydrogen-bond donors (Lipinski definition) is 1. The monoisotopic (exact) mass is 287 g/mol. The summed E-state index contributed by atoms with van der Waals surface area (Å²) in [5, 5.41) is 3.72. The van der Waals surface area contributed by atoms with Gasteiger partial charge in [0.1, 0.15) is 0 Å². The molecule has 1 aromatic rings. The fraction of sp³-hybridized carbons (Fsp3) is 0.667. The van der Waals surface area contributed by atoms with Crippen LogP contribution in [-0.2, 0) is 6.54 Å². The molecule has 1 aliphatic carbocycles. The van der Waals surface area contributed by atoms with Crippen LogP contribution in [0.15, 0.2) is 24.3 Å². The number of para-hydroxylation sites is 1. The number of likely N-dealkylation sites (N-methyl/N-ethyl adjacent to an activating group) is 1. The van der Waals surface area contributed by atoms with Crippen LogP contribution in [0.1, 0.15) is 37.7 Å². The van der Waals surface area contributed by atoms with E-state index in [0.717, 1.165) is 13.1 Å². The van der Waals surface area contributed by atoms with Crippen LogP contribution in [0.5, 0.6) is 0 Å². The molecular weight excluding hydrogens is 258 g/mol. The Kier molecular flexibility index (Phi) is 4.51. The maximum atomic E-state index is 3.72. The Morgan fingerprint density at radius 1 is 1.10 bits per heavy atom. The Morgan fingerprint density at radius 2 is 1.81 bits per heavy atom. The van der Waals surface area contributed by atoms with Crippen LogP contribution in [0.3, 0.4) is 0 Å². The topological polar surface area (TPSA) is 18.5 Å². The third kappa shape index (κ3) is 3.09. The quantitative estimate of drug-likeness (QED) is 0.868. The summed E-state index contributed by atoms with van der Waals surface area (Å²) in [6.07, 6.45) is 6.72. The second-order valence-corrected chi connectivity index (χ2v) is 6.90. The normalized spacial score (nSPS) is 20.8. The average Bonchev–Trinajstić information content (AvgIpc) is 2.95. The fourth-order valence-electron chi connectivity index (χ4n) is 3.72. The van der Waals surface area contributed by atoms with Gasteiger partial charge in [0.25, 0.3) is 0 Å². The van der Waals surface area contributed by atoms with E-state index in [0.29, 0.717) is 5.54 Å². The molecule has 0 aromatic heterocycles. The first-order valence-corrected chi connectivity index (χ1v) is 8.42. The zero-order valence-electron chi connectivity index (χ0n) is 13.6. The fourth-order valence-corrected chi connectivity index (χ4v) is 3.72. The lowest BCUT2D eigenvalue weighted by atomic mass is 9.75. The van der Waals surface area contributed by atoms with Gasteiger partial charge in [0, 0.05) is 37.4 Å². The van der Waals surface area contributed by atoms with Gasteiger partial charge >= 0.3 is 0 Å². The number of nitrogens with zero attached hydrogens (tertiary/aromatic N) is 2. The molecule has 1 heterocycles. The second kappa shape index (κ2) is 6.37. The number of nitrogens with one attached hydrogen (secondary N) is 1. The molecule has 0 atom stereocenters. The third-order valence-electron chi connectivity index (χ3n) is 5.44. The summed E-state index contributed by atoms with van der Waals surface area (Å²) >= 11 is 0. The van der Waals surface area contributed by atoms with E-state index in [2.05, 4.69) is 53.5 Å². The lowest BCUT2D eigenvalue weighted by Crippen LogP contribution is -2.56. The van der Waals surface area contributed by atoms with Gasteiger partial charge in [0.2, 0.25) is 0 Å². The summed E-state index contributed by atoms with van der Waals surface area (Å²) in [6.45, 7) is 4.54. The minimum Gasteiger partial charge on any atom is -0.371 e. The Labute approximate surface area is 129 Å². The van der Waals surface area contributed by atoms with Crippen molar-refractivity contribution in [2.45, 2.75) is 44.2 Å². The molecule has 1 aliphatic heterocycles. The Hall–Kier alpha value is -1.06. The largest absolute Gasteiger partial charge is 0.371 e. The third-order valence-corrected chi connectivity index (χ3v) is 5.44. The zero-order valence-corrected chi connectivity index (χ0v) is 13.6. The van der Waals surface area contributed by atoms with Crippen molar-refractivity contribution in [3.8, 4) is 0 Å². The van der Waals surface area contributed by atoms with Crippen molar-refractivity contribution in [3.63, 3.8) is 0 Å². The van der Waals surface area contributed by atoms with E-state index in [1.807, 2.05) is 0 Å². The second-order valence-electron chi connectivity index (χ2n) is 6.90. The highest BCUT2D eigenvalue weighted by Gasteiger charge is 2.38. The standard InChI is InChI=1S/C18H29N3/c1-20(2)18(10-7-11-18)15-19-14-16-8-3-4-9-17(16)21-12-5-6-13-21/h3-4,8-9,19H,5-7,10-15H2,1-2H3. The maximum absolute atomic E-state index is 3.72. The van der Waals surface area contributed by atoms with E-state index in [4.69, 9.17) is 0 Å². The van der Waals surface area contributed by atoms with Gasteiger partial charge < -0.3 is 15.1 Å². The molecule has 1 saturated heterocycles. The highest BCUT2D eigenvalue weighted by Crippen LogP contribution is 2.35. The molecule has 21 heavy (non-hydrogen) atoms. The van der Waals surface area contributed by atoms with E-state index in [-0.39, 0.29) is 0 Å². The van der Waals surface area contributed by atoms with Crippen LogP contribution < -0.4 is 10.2 Å². The number of rotatable bonds is 6. The van der Waals surface area contributed by atoms with Gasteiger partial charge in [-0.3, -0.25) is 0 Å². The molecule has 1 saturated carbocycles. The SMILES string of the molecule is CN(C)C1(CNCc2ccccc2N2CCCC2)CCC1. The van der Waals surface area contributed by atoms with E-state index >= 15 is 0 Å². The molecule has 116 valence electrons. The average molecular weight is 287 g/mol. The van der Waals surface area contributed by atoms with Gasteiger partial charge in [0.05, 0.1) is 0 Å². The Balaban J connectivity index is 1.60. The van der Waals surface area contributed by atoms with Crippen LogP contribution in [0.4, 0.5) is 5.69 Å². The first-order valence-electron chi connectivity index (χ1n) is 8.42. The molecular formula is C18H29N3. The summed E-state index contributed by atoms with van der Waals surface area (Å²) in [4.78, 5) is 4.96. The molecule has 2 aliphatic rings. The summed E-state index contributed by atoms with van der Waals surface area (Å²) in [5.41, 5.74) is 3.30. The lowest BCUT2D eigenvalue weighted by Gasteiger charge is -2.47. The number of hydrogen-bond acceptors (Lipinski definition) is 3. The van der Waals surface area contributed by atoms with Crippen molar-refractivity contribution >= 4 is 5.69 Å². The molecule has 0 unspecified atom stereocenters. The smallest absolute Gasteiger partial charge is 0.0411 e. The molecule has 0 bridgehead atoms. The highest BCUT2D eigenvalue weighted by atomic mass is 15.2. The van der Waals surface area contributed by atoms with Gasteiger partial charge in [-0.05, 0) is 57.8 Å². The summed E-state index contributed by atoms with van der Waals surface area (Å²) in [6, 6.07) is 8.91. The molecule has 1 N–H and O–H groups in total. The maximum Gasteiger partial charge on any atom is 0.0411 e. The highest BCUT2D eigenvalue weighted by molar-refractivity contribution is 5.54. The summed E-state index contributed by atoms with van der Waals surface area (Å²) in [5.74, 6) is 0. The van der Waals surface area contributed by atoms with Crippen molar-refractivity contribution in [2.24, 2.45) is 0 Å². The first kappa shape index (κ1) is 14.9. The molecule has 0 spiro atoms. The zero-order chi connectivity index (χ0) is 14.7. The van der Waals surface area contributed by atoms with Gasteiger partial charge in [-0.25, -0.2) is 0 Å². The predicted molar refractivity (Wildman–Crippen MR) is 89.9 cm³/mol. The lowest BCUT2D eigenvalue weighted by molar-refractivity contribution is 0.0598. The molecule has 0 radical (unpaired) electrons. The van der Waals surface area contributed by atoms with Crippen LogP contribution in [-0.4, -0.2) is 44.2 Å². The molecule has 0 amide bonds. The number of benzene rings is 1. The summed E-state index contributed by atoms with van der Waals surface area (Å²) in [7, 11) is 4.44. The van der Waals surface area contributed by atoms with Gasteiger partial charge in [0.15, 0.2) is 0 Å². The van der Waals surface area contributed by atoms with Crippen LogP contribution in [0.25, 0.3) is 0 Å². The minimum atomic E-state index is 0.405. The van der Waals surface area contributed by atoms with E-state index < -0.39 is 0 Å². The minimum absolute atomic E-state index is 0.405. The Bertz CT molecular complexity index is 459. The van der Waals surface area contributed by atoms with Crippen molar-refractivity contribution in [3.05, 3.63) is 29.8 Å². The molecule has 1 aromatic carbocycles. The van der Waals surface area contributed by atoms with Gasteiger partial charge in [-0.15, -0.1) is 0 Å². The molecule has 2 fully saturated rings. The van der Waals surface area contributed by atoms with Crippen molar-refractivity contribution in [1.29, 1.82) is 0 Å². The van der Waals surface area contributed by atoms with Gasteiger partial charge in [-0.2, -0.15) is 0 Å². The van der Waals surface area contributed by atoms with Crippen LogP contribution in [0, 0.1) is 0 Å². The van der Waals surface area contributed by atoms with Crippen molar-refractivity contribution in [1.82, 2.24) is 10.2 Å². The Morgan fingerprint density at radius 3 is 2.43 bits per heavy atom.